The Labute approximate surface area is 167 Å². The lowest BCUT2D eigenvalue weighted by molar-refractivity contribution is -0.121. The van der Waals surface area contributed by atoms with Crippen molar-refractivity contribution in [2.75, 3.05) is 18.4 Å². The molecule has 4 rings (SSSR count). The third-order valence-electron chi connectivity index (χ3n) is 5.13. The fourth-order valence-electron chi connectivity index (χ4n) is 3.48. The van der Waals surface area contributed by atoms with Gasteiger partial charge in [-0.15, -0.1) is 11.3 Å². The van der Waals surface area contributed by atoms with Crippen LogP contribution in [0.3, 0.4) is 0 Å². The number of aromatic nitrogens is 2. The molecule has 1 aromatic carbocycles. The Morgan fingerprint density at radius 2 is 2.04 bits per heavy atom. The maximum atomic E-state index is 12.6. The van der Waals surface area contributed by atoms with E-state index in [1.54, 1.807) is 29.7 Å². The number of pyridine rings is 1. The first-order valence-corrected chi connectivity index (χ1v) is 10.3. The van der Waals surface area contributed by atoms with Crippen LogP contribution in [0.2, 0.25) is 5.15 Å². The number of amides is 1. The summed E-state index contributed by atoms with van der Waals surface area (Å²) in [5.41, 5.74) is 1.64. The zero-order valence-corrected chi connectivity index (χ0v) is 16.6. The number of rotatable bonds is 4. The molecule has 1 saturated heterocycles. The number of hydrogen-bond acceptors (Lipinski definition) is 5. The second-order valence-electron chi connectivity index (χ2n) is 6.84. The molecule has 3 aromatic rings. The van der Waals surface area contributed by atoms with Gasteiger partial charge in [-0.25, -0.2) is 9.97 Å². The van der Waals surface area contributed by atoms with Gasteiger partial charge < -0.3 is 5.32 Å². The Morgan fingerprint density at radius 1 is 1.26 bits per heavy atom. The van der Waals surface area contributed by atoms with Gasteiger partial charge in [-0.2, -0.15) is 0 Å². The van der Waals surface area contributed by atoms with E-state index in [4.69, 9.17) is 16.6 Å². The van der Waals surface area contributed by atoms with Crippen LogP contribution < -0.4 is 5.32 Å². The van der Waals surface area contributed by atoms with E-state index < -0.39 is 0 Å². The highest BCUT2D eigenvalue weighted by Gasteiger charge is 2.29. The number of carbonyl (C=O) groups is 1. The van der Waals surface area contributed by atoms with Crippen molar-refractivity contribution in [2.45, 2.75) is 31.7 Å². The summed E-state index contributed by atoms with van der Waals surface area (Å²) in [6.07, 6.45) is 3.64. The number of halogens is 1. The van der Waals surface area contributed by atoms with Crippen LogP contribution in [0, 0.1) is 0 Å². The number of para-hydroxylation sites is 1. The molecule has 1 aliphatic heterocycles. The van der Waals surface area contributed by atoms with Gasteiger partial charge in [-0.05, 0) is 57.1 Å². The quantitative estimate of drug-likeness (QED) is 0.652. The Hall–Kier alpha value is -2.02. The highest BCUT2D eigenvalue weighted by Crippen LogP contribution is 2.34. The van der Waals surface area contributed by atoms with Gasteiger partial charge in [-0.1, -0.05) is 23.7 Å². The van der Waals surface area contributed by atoms with E-state index in [2.05, 4.69) is 33.4 Å². The van der Waals surface area contributed by atoms with Crippen molar-refractivity contribution in [3.63, 3.8) is 0 Å². The number of likely N-dealkylation sites (tertiary alicyclic amines) is 1. The first-order valence-electron chi connectivity index (χ1n) is 9.12. The number of piperidine rings is 1. The van der Waals surface area contributed by atoms with Gasteiger partial charge in [-0.3, -0.25) is 9.69 Å². The van der Waals surface area contributed by atoms with Crippen molar-refractivity contribution in [1.29, 1.82) is 0 Å². The summed E-state index contributed by atoms with van der Waals surface area (Å²) < 4.78 is 1.25. The van der Waals surface area contributed by atoms with Crippen LogP contribution in [-0.2, 0) is 4.79 Å². The standard InChI is InChI=1S/C20H21ClN4OS/c1-13(19(26)23-16-6-4-10-22-18(16)21)25-11-8-14(9-12-25)20-24-15-5-2-3-7-17(15)27-20/h2-7,10,13-14H,8-9,11-12H2,1H3,(H,23,26)/t13-/m0/s1. The number of hydrogen-bond donors (Lipinski definition) is 1. The lowest BCUT2D eigenvalue weighted by atomic mass is 9.96. The number of thiazole rings is 1. The number of benzene rings is 1. The van der Waals surface area contributed by atoms with Crippen LogP contribution in [0.15, 0.2) is 42.6 Å². The molecule has 0 bridgehead atoms. The molecule has 27 heavy (non-hydrogen) atoms. The molecule has 1 atom stereocenters. The molecule has 2 aromatic heterocycles. The van der Waals surface area contributed by atoms with Crippen LogP contribution in [0.5, 0.6) is 0 Å². The number of nitrogens with one attached hydrogen (secondary N) is 1. The number of anilines is 1. The highest BCUT2D eigenvalue weighted by atomic mass is 35.5. The zero-order valence-electron chi connectivity index (χ0n) is 15.1. The molecule has 0 unspecified atom stereocenters. The lowest BCUT2D eigenvalue weighted by Crippen LogP contribution is -2.45. The number of fused-ring (bicyclic) bond motifs is 1. The summed E-state index contributed by atoms with van der Waals surface area (Å²) in [6.45, 7) is 3.71. The van der Waals surface area contributed by atoms with Crippen molar-refractivity contribution in [3.8, 4) is 0 Å². The topological polar surface area (TPSA) is 58.1 Å². The average Bonchev–Trinajstić information content (AvgIpc) is 3.13. The summed E-state index contributed by atoms with van der Waals surface area (Å²) >= 11 is 7.83. The Bertz CT molecular complexity index is 919. The van der Waals surface area contributed by atoms with E-state index in [9.17, 15) is 4.79 Å². The third kappa shape index (κ3) is 3.98. The van der Waals surface area contributed by atoms with Gasteiger partial charge in [0.05, 0.1) is 27.0 Å². The van der Waals surface area contributed by atoms with E-state index in [0.717, 1.165) is 31.4 Å². The molecule has 0 aliphatic carbocycles. The zero-order chi connectivity index (χ0) is 18.8. The van der Waals surface area contributed by atoms with Crippen LogP contribution in [-0.4, -0.2) is 39.9 Å². The molecule has 3 heterocycles. The molecule has 1 N–H and O–H groups in total. The molecule has 1 aliphatic rings. The maximum Gasteiger partial charge on any atom is 0.241 e. The fourth-order valence-corrected chi connectivity index (χ4v) is 4.78. The van der Waals surface area contributed by atoms with Crippen LogP contribution in [0.4, 0.5) is 5.69 Å². The van der Waals surface area contributed by atoms with Crippen molar-refractivity contribution in [3.05, 3.63) is 52.8 Å². The number of carbonyl (C=O) groups excluding carboxylic acids is 1. The van der Waals surface area contributed by atoms with Gasteiger partial charge in [0.25, 0.3) is 0 Å². The highest BCUT2D eigenvalue weighted by molar-refractivity contribution is 7.18. The lowest BCUT2D eigenvalue weighted by Gasteiger charge is -2.34. The average molecular weight is 401 g/mol. The van der Waals surface area contributed by atoms with Gasteiger partial charge in [0.1, 0.15) is 0 Å². The SMILES string of the molecule is C[C@@H](C(=O)Nc1cccnc1Cl)N1CCC(c2nc3ccccc3s2)CC1. The Kier molecular flexibility index (Phi) is 5.38. The molecule has 1 amide bonds. The minimum Gasteiger partial charge on any atom is -0.322 e. The van der Waals surface area contributed by atoms with Gasteiger partial charge in [0, 0.05) is 12.1 Å². The smallest absolute Gasteiger partial charge is 0.241 e. The summed E-state index contributed by atoms with van der Waals surface area (Å²) in [5.74, 6) is 0.421. The normalized spacial score (nSPS) is 17.1. The largest absolute Gasteiger partial charge is 0.322 e. The van der Waals surface area contributed by atoms with Crippen LogP contribution in [0.1, 0.15) is 30.7 Å². The summed E-state index contributed by atoms with van der Waals surface area (Å²) in [6, 6.07) is 11.6. The van der Waals surface area contributed by atoms with Crippen molar-refractivity contribution >= 4 is 44.7 Å². The van der Waals surface area contributed by atoms with Gasteiger partial charge in [0.15, 0.2) is 5.15 Å². The molecule has 0 radical (unpaired) electrons. The predicted molar refractivity (Wildman–Crippen MR) is 111 cm³/mol. The molecular weight excluding hydrogens is 380 g/mol. The summed E-state index contributed by atoms with van der Waals surface area (Å²) in [4.78, 5) is 23.6. The third-order valence-corrected chi connectivity index (χ3v) is 6.63. The molecule has 7 heteroatoms. The van der Waals surface area contributed by atoms with Crippen molar-refractivity contribution in [1.82, 2.24) is 14.9 Å². The first kappa shape index (κ1) is 18.3. The predicted octanol–water partition coefficient (Wildman–Crippen LogP) is 4.55. The Balaban J connectivity index is 1.36. The van der Waals surface area contributed by atoms with Gasteiger partial charge >= 0.3 is 0 Å². The van der Waals surface area contributed by atoms with Crippen molar-refractivity contribution < 1.29 is 4.79 Å². The van der Waals surface area contributed by atoms with E-state index in [0.29, 0.717) is 16.8 Å². The van der Waals surface area contributed by atoms with Gasteiger partial charge in [0.2, 0.25) is 5.91 Å². The van der Waals surface area contributed by atoms with E-state index in [-0.39, 0.29) is 11.9 Å². The number of nitrogens with zero attached hydrogens (tertiary/aromatic N) is 3. The molecule has 1 fully saturated rings. The summed E-state index contributed by atoms with van der Waals surface area (Å²) in [7, 11) is 0. The first-order chi connectivity index (χ1) is 13.1. The maximum absolute atomic E-state index is 12.6. The van der Waals surface area contributed by atoms with E-state index in [1.165, 1.54) is 9.71 Å². The van der Waals surface area contributed by atoms with E-state index in [1.807, 2.05) is 13.0 Å². The minimum atomic E-state index is -0.211. The minimum absolute atomic E-state index is 0.0525. The molecule has 140 valence electrons. The van der Waals surface area contributed by atoms with Crippen LogP contribution in [0.25, 0.3) is 10.2 Å². The Morgan fingerprint density at radius 3 is 2.78 bits per heavy atom. The van der Waals surface area contributed by atoms with E-state index >= 15 is 0 Å². The fraction of sp³-hybridized carbons (Fsp3) is 0.350. The van der Waals surface area contributed by atoms with Crippen LogP contribution >= 0.6 is 22.9 Å². The summed E-state index contributed by atoms with van der Waals surface area (Å²) in [5, 5.41) is 4.41. The van der Waals surface area contributed by atoms with Crippen molar-refractivity contribution in [2.24, 2.45) is 0 Å². The second-order valence-corrected chi connectivity index (χ2v) is 8.26. The second kappa shape index (κ2) is 7.92. The molecule has 5 nitrogen and oxygen atoms in total. The molecule has 0 spiro atoms. The molecule has 0 saturated carbocycles. The molecular formula is C20H21ClN4OS. The monoisotopic (exact) mass is 400 g/mol.